The first-order valence-corrected chi connectivity index (χ1v) is 17.6. The number of ether oxygens (including phenoxy) is 6. The van der Waals surface area contributed by atoms with E-state index in [1.807, 2.05) is 27.7 Å². The summed E-state index contributed by atoms with van der Waals surface area (Å²) in [7, 11) is 1.44. The average Bonchev–Trinajstić information content (AvgIpc) is 3.55. The van der Waals surface area contributed by atoms with Crippen molar-refractivity contribution in [1.82, 2.24) is 0 Å². The van der Waals surface area contributed by atoms with E-state index in [0.29, 0.717) is 23.8 Å². The molecule has 6 atom stereocenters. The van der Waals surface area contributed by atoms with Crippen LogP contribution in [0.4, 0.5) is 0 Å². The topological polar surface area (TPSA) is 169 Å². The molecular weight excluding hydrogens is 674 g/mol. The van der Waals surface area contributed by atoms with Crippen LogP contribution in [0.15, 0.2) is 39.9 Å². The molecular formula is C39H43NO12. The van der Waals surface area contributed by atoms with E-state index < -0.39 is 74.5 Å². The zero-order valence-electron chi connectivity index (χ0n) is 30.8. The summed E-state index contributed by atoms with van der Waals surface area (Å²) in [5.41, 5.74) is -7.74. The van der Waals surface area contributed by atoms with Crippen molar-refractivity contribution in [3.63, 3.8) is 0 Å². The van der Waals surface area contributed by atoms with Gasteiger partial charge in [0.15, 0.2) is 17.8 Å². The van der Waals surface area contributed by atoms with E-state index in [0.717, 1.165) is 0 Å². The molecule has 276 valence electrons. The van der Waals surface area contributed by atoms with Gasteiger partial charge < -0.3 is 38.0 Å². The van der Waals surface area contributed by atoms with Gasteiger partial charge in [-0.05, 0) is 65.5 Å². The third kappa shape index (κ3) is 3.76. The molecule has 0 spiro atoms. The van der Waals surface area contributed by atoms with E-state index in [9.17, 15) is 24.4 Å². The van der Waals surface area contributed by atoms with Gasteiger partial charge in [-0.15, -0.1) is 0 Å². The van der Waals surface area contributed by atoms with Crippen molar-refractivity contribution >= 4 is 45.8 Å². The predicted molar refractivity (Wildman–Crippen MR) is 181 cm³/mol. The summed E-state index contributed by atoms with van der Waals surface area (Å²) in [4.78, 5) is 55.7. The maximum atomic E-state index is 14.7. The molecule has 13 nitrogen and oxygen atoms in total. The highest BCUT2D eigenvalue weighted by Gasteiger charge is 2.78. The smallest absolute Gasteiger partial charge is 0.351 e. The Balaban J connectivity index is 1.34. The Morgan fingerprint density at radius 2 is 1.37 bits per heavy atom. The zero-order chi connectivity index (χ0) is 37.6. The Bertz CT molecular complexity index is 2220. The molecule has 4 unspecified atom stereocenters. The van der Waals surface area contributed by atoms with Crippen molar-refractivity contribution in [2.45, 2.75) is 110 Å². The lowest BCUT2D eigenvalue weighted by Gasteiger charge is -2.46. The van der Waals surface area contributed by atoms with Gasteiger partial charge in [0, 0.05) is 22.3 Å². The molecule has 8 rings (SSSR count). The van der Waals surface area contributed by atoms with Gasteiger partial charge in [-0.2, -0.15) is 0 Å². The molecule has 52 heavy (non-hydrogen) atoms. The number of hydrogen-bond acceptors (Lipinski definition) is 13. The Hall–Kier alpha value is -4.81. The number of hydrogen-bond donors (Lipinski definition) is 1. The second-order valence-corrected chi connectivity index (χ2v) is 16.9. The number of carbonyl (C=O) groups excluding carboxylic acids is 4. The highest BCUT2D eigenvalue weighted by atomic mass is 16.7. The normalized spacial score (nSPS) is 34.8. The van der Waals surface area contributed by atoms with Gasteiger partial charge in [-0.3, -0.25) is 9.59 Å². The number of methoxy groups -OCH3 is 1. The molecule has 0 radical (unpaired) electrons. The van der Waals surface area contributed by atoms with Crippen LogP contribution < -0.4 is 14.8 Å². The summed E-state index contributed by atoms with van der Waals surface area (Å²) in [6, 6.07) is 8.50. The fourth-order valence-electron chi connectivity index (χ4n) is 9.58. The molecule has 2 saturated heterocycles. The van der Waals surface area contributed by atoms with Crippen LogP contribution in [0, 0.1) is 21.7 Å². The molecule has 2 aromatic carbocycles. The molecule has 0 amide bonds. The third-order valence-corrected chi connectivity index (χ3v) is 14.1. The SMILES string of the molecule is COc1cc2c(c3oc4ccccc4/c(=N\O)c13)[C@@H](OC(=O)C13CCC(C)(C(=O)O1)C3(C)C)[C@@H](OC(=O)C13CCC(C)(C(=O)O1)C3(C)C)C(C)(C)O2. The van der Waals surface area contributed by atoms with Crippen molar-refractivity contribution in [1.29, 1.82) is 0 Å². The lowest BCUT2D eigenvalue weighted by molar-refractivity contribution is -0.217. The average molecular weight is 718 g/mol. The highest BCUT2D eigenvalue weighted by Crippen LogP contribution is 2.68. The molecule has 4 heterocycles. The first-order chi connectivity index (χ1) is 24.3. The quantitative estimate of drug-likeness (QED) is 0.111. The fourth-order valence-corrected chi connectivity index (χ4v) is 9.58. The van der Waals surface area contributed by atoms with Crippen molar-refractivity contribution in [3.8, 4) is 11.5 Å². The predicted octanol–water partition coefficient (Wildman–Crippen LogP) is 5.80. The summed E-state index contributed by atoms with van der Waals surface area (Å²) in [5, 5.41) is 14.8. The molecule has 13 heteroatoms. The lowest BCUT2D eigenvalue weighted by Crippen LogP contribution is -2.57. The van der Waals surface area contributed by atoms with Crippen molar-refractivity contribution in [3.05, 3.63) is 41.3 Å². The molecule has 5 aliphatic rings. The Morgan fingerprint density at radius 3 is 1.87 bits per heavy atom. The van der Waals surface area contributed by atoms with Gasteiger partial charge >= 0.3 is 23.9 Å². The van der Waals surface area contributed by atoms with Crippen molar-refractivity contribution in [2.75, 3.05) is 7.11 Å². The first kappa shape index (κ1) is 34.3. The van der Waals surface area contributed by atoms with Crippen LogP contribution >= 0.6 is 0 Å². The van der Waals surface area contributed by atoms with Gasteiger partial charge in [0.25, 0.3) is 0 Å². The fraction of sp³-hybridized carbons (Fsp3) is 0.564. The van der Waals surface area contributed by atoms with Gasteiger partial charge in [-0.1, -0.05) is 45.0 Å². The second kappa shape index (κ2) is 10.2. The van der Waals surface area contributed by atoms with Crippen LogP contribution in [-0.2, 0) is 38.1 Å². The van der Waals surface area contributed by atoms with Crippen LogP contribution in [0.1, 0.15) is 92.7 Å². The third-order valence-electron chi connectivity index (χ3n) is 14.1. The first-order valence-electron chi connectivity index (χ1n) is 17.6. The van der Waals surface area contributed by atoms with Crippen molar-refractivity contribution < 1.29 is 57.2 Å². The molecule has 4 fully saturated rings. The van der Waals surface area contributed by atoms with Gasteiger partial charge in [-0.25, -0.2) is 9.59 Å². The summed E-state index contributed by atoms with van der Waals surface area (Å²) < 4.78 is 43.6. The minimum absolute atomic E-state index is 0.0888. The Kier molecular flexibility index (Phi) is 6.72. The van der Waals surface area contributed by atoms with Gasteiger partial charge in [0.2, 0.25) is 11.2 Å². The molecule has 4 bridgehead atoms. The number of nitrogens with zero attached hydrogens (tertiary/aromatic N) is 1. The van der Waals surface area contributed by atoms with Crippen LogP contribution in [0.25, 0.3) is 21.9 Å². The number of fused-ring (bicyclic) bond motifs is 8. The number of carbonyl (C=O) groups is 4. The highest BCUT2D eigenvalue weighted by molar-refractivity contribution is 5.98. The van der Waals surface area contributed by atoms with Gasteiger partial charge in [0.1, 0.15) is 28.0 Å². The van der Waals surface area contributed by atoms with E-state index in [1.165, 1.54) is 7.11 Å². The maximum Gasteiger partial charge on any atom is 0.351 e. The number of para-hydroxylation sites is 1. The van der Waals surface area contributed by atoms with E-state index in [-0.39, 0.29) is 46.2 Å². The van der Waals surface area contributed by atoms with E-state index in [2.05, 4.69) is 5.16 Å². The summed E-state index contributed by atoms with van der Waals surface area (Å²) in [6.45, 7) is 14.2. The standard InChI is InChI=1S/C39H43NO12/c1-33(2)28(49-32(44)39-17-15-37(8,30(42)52-39)35(39,5)6)27(48-31(43)38-16-14-36(7,29(41)51-38)34(38,3)4)24-22(50-33)18-21(46-9)23-25(40-45)19-12-10-11-13-20(19)47-26(23)24/h10-13,18,27-28,45H,14-17H2,1-9H3/b40-25+/t27-,28-,36?,37?,38?,39?/m1/s1. The van der Waals surface area contributed by atoms with Crippen LogP contribution in [0.3, 0.4) is 0 Å². The van der Waals surface area contributed by atoms with Gasteiger partial charge in [0.05, 0.1) is 28.9 Å². The van der Waals surface area contributed by atoms with Crippen LogP contribution in [-0.4, -0.2) is 59.1 Å². The summed E-state index contributed by atoms with van der Waals surface area (Å²) >= 11 is 0. The Labute approximate surface area is 299 Å². The number of rotatable bonds is 5. The van der Waals surface area contributed by atoms with E-state index in [4.69, 9.17) is 32.8 Å². The number of esters is 4. The summed E-state index contributed by atoms with van der Waals surface area (Å²) in [5.74, 6) is -2.16. The molecule has 1 N–H and O–H groups in total. The minimum Gasteiger partial charge on any atom is -0.496 e. The van der Waals surface area contributed by atoms with E-state index >= 15 is 0 Å². The Morgan fingerprint density at radius 1 is 0.808 bits per heavy atom. The minimum atomic E-state index is -1.64. The van der Waals surface area contributed by atoms with Crippen molar-refractivity contribution in [2.24, 2.45) is 26.8 Å². The largest absolute Gasteiger partial charge is 0.496 e. The zero-order valence-corrected chi connectivity index (χ0v) is 30.8. The van der Waals surface area contributed by atoms with E-state index in [1.54, 1.807) is 58.0 Å². The molecule has 2 aliphatic carbocycles. The lowest BCUT2D eigenvalue weighted by atomic mass is 9.66. The monoisotopic (exact) mass is 717 g/mol. The maximum absolute atomic E-state index is 14.7. The summed E-state index contributed by atoms with van der Waals surface area (Å²) in [6.07, 6.45) is -1.49. The van der Waals surface area contributed by atoms with Crippen LogP contribution in [0.5, 0.6) is 11.5 Å². The molecule has 3 aromatic rings. The second-order valence-electron chi connectivity index (χ2n) is 16.9. The molecule has 2 saturated carbocycles. The molecule has 3 aliphatic heterocycles. The number of benzene rings is 2. The van der Waals surface area contributed by atoms with Crippen LogP contribution in [0.2, 0.25) is 0 Å². The molecule has 1 aromatic heterocycles.